The Bertz CT molecular complexity index is 1020. The molecule has 7 heteroatoms. The fraction of sp³-hybridized carbons (Fsp3) is 0.158. The predicted molar refractivity (Wildman–Crippen MR) is 94.2 cm³/mol. The average molecular weight is 355 g/mol. The maximum Gasteiger partial charge on any atom is 0.256 e. The van der Waals surface area contributed by atoms with Crippen molar-refractivity contribution in [1.82, 2.24) is 10.2 Å². The van der Waals surface area contributed by atoms with Crippen molar-refractivity contribution in [3.8, 4) is 0 Å². The minimum Gasteiger partial charge on any atom is -0.380 e. The van der Waals surface area contributed by atoms with Crippen molar-refractivity contribution < 1.29 is 18.7 Å². The number of rotatable bonds is 4. The standard InChI is InChI=1S/C19H15F2N3O2/c20-12-4-1-11(2-5-12)3-6-15-13-9-17(14(21)10-16(13)24-23-15)22-18(25)19(26)7-8-19/h1-6,9-10,26H,7-8H2,(H,22,25)(H,23,24). The number of nitrogens with zero attached hydrogens (tertiary/aromatic N) is 1. The van der Waals surface area contributed by atoms with Gasteiger partial charge in [0.2, 0.25) is 0 Å². The third-order valence-corrected chi connectivity index (χ3v) is 4.38. The number of hydrogen-bond acceptors (Lipinski definition) is 3. The molecule has 1 fully saturated rings. The summed E-state index contributed by atoms with van der Waals surface area (Å²) < 4.78 is 27.1. The van der Waals surface area contributed by atoms with Crippen LogP contribution < -0.4 is 5.32 Å². The molecule has 26 heavy (non-hydrogen) atoms. The lowest BCUT2D eigenvalue weighted by Gasteiger charge is -2.10. The molecule has 0 aliphatic heterocycles. The molecular formula is C19H15F2N3O2. The number of H-pyrrole nitrogens is 1. The first-order chi connectivity index (χ1) is 12.4. The van der Waals surface area contributed by atoms with Crippen LogP contribution in [0.15, 0.2) is 36.4 Å². The van der Waals surface area contributed by atoms with Gasteiger partial charge < -0.3 is 10.4 Å². The number of anilines is 1. The molecule has 132 valence electrons. The summed E-state index contributed by atoms with van der Waals surface area (Å²) in [5, 5.41) is 19.7. The van der Waals surface area contributed by atoms with Gasteiger partial charge in [0.05, 0.1) is 16.9 Å². The van der Waals surface area contributed by atoms with Crippen molar-refractivity contribution in [2.75, 3.05) is 5.32 Å². The van der Waals surface area contributed by atoms with E-state index in [1.165, 1.54) is 24.3 Å². The first-order valence-corrected chi connectivity index (χ1v) is 8.10. The Morgan fingerprint density at radius 1 is 1.19 bits per heavy atom. The maximum atomic E-state index is 14.2. The van der Waals surface area contributed by atoms with Crippen molar-refractivity contribution >= 4 is 34.6 Å². The number of carbonyl (C=O) groups excluding carboxylic acids is 1. The van der Waals surface area contributed by atoms with E-state index in [2.05, 4.69) is 15.5 Å². The molecule has 1 aliphatic rings. The quantitative estimate of drug-likeness (QED) is 0.670. The molecule has 1 amide bonds. The Kier molecular flexibility index (Phi) is 3.81. The van der Waals surface area contributed by atoms with E-state index in [-0.39, 0.29) is 11.5 Å². The molecule has 1 saturated carbocycles. The SMILES string of the molecule is O=C(Nc1cc2c(C=Cc3ccc(F)cc3)n[nH]c2cc1F)C1(O)CC1. The van der Waals surface area contributed by atoms with Gasteiger partial charge in [-0.25, -0.2) is 8.78 Å². The van der Waals surface area contributed by atoms with E-state index in [0.29, 0.717) is 29.4 Å². The highest BCUT2D eigenvalue weighted by atomic mass is 19.1. The number of aromatic nitrogens is 2. The molecule has 3 N–H and O–H groups in total. The number of halogens is 2. The molecule has 0 bridgehead atoms. The summed E-state index contributed by atoms with van der Waals surface area (Å²) in [6.45, 7) is 0. The van der Waals surface area contributed by atoms with E-state index in [9.17, 15) is 18.7 Å². The molecule has 0 spiro atoms. The fourth-order valence-electron chi connectivity index (χ4n) is 2.61. The summed E-state index contributed by atoms with van der Waals surface area (Å²) in [6.07, 6.45) is 4.22. The third-order valence-electron chi connectivity index (χ3n) is 4.38. The summed E-state index contributed by atoms with van der Waals surface area (Å²) in [5.41, 5.74) is 0.410. The van der Waals surface area contributed by atoms with Gasteiger partial charge in [-0.2, -0.15) is 5.10 Å². The molecule has 1 aromatic heterocycles. The second-order valence-electron chi connectivity index (χ2n) is 6.36. The summed E-state index contributed by atoms with van der Waals surface area (Å²) in [7, 11) is 0. The number of carbonyl (C=O) groups is 1. The highest BCUT2D eigenvalue weighted by Crippen LogP contribution is 2.36. The molecule has 1 aliphatic carbocycles. The van der Waals surface area contributed by atoms with Crippen LogP contribution in [0.3, 0.4) is 0 Å². The normalized spacial score (nSPS) is 15.5. The number of benzene rings is 2. The summed E-state index contributed by atoms with van der Waals surface area (Å²) in [5.74, 6) is -1.55. The summed E-state index contributed by atoms with van der Waals surface area (Å²) in [6, 6.07) is 8.68. The minimum atomic E-state index is -1.39. The first kappa shape index (κ1) is 16.4. The lowest BCUT2D eigenvalue weighted by atomic mass is 10.1. The first-order valence-electron chi connectivity index (χ1n) is 8.10. The molecule has 0 unspecified atom stereocenters. The zero-order valence-electron chi connectivity index (χ0n) is 13.6. The molecule has 0 atom stereocenters. The Morgan fingerprint density at radius 3 is 2.62 bits per heavy atom. The molecule has 5 nitrogen and oxygen atoms in total. The highest BCUT2D eigenvalue weighted by Gasteiger charge is 2.48. The fourth-order valence-corrected chi connectivity index (χ4v) is 2.61. The predicted octanol–water partition coefficient (Wildman–Crippen LogP) is 3.47. The van der Waals surface area contributed by atoms with E-state index in [4.69, 9.17) is 0 Å². The van der Waals surface area contributed by atoms with Crippen LogP contribution in [-0.4, -0.2) is 26.8 Å². The van der Waals surface area contributed by atoms with Crippen LogP contribution in [0.1, 0.15) is 24.1 Å². The van der Waals surface area contributed by atoms with Crippen LogP contribution >= 0.6 is 0 Å². The van der Waals surface area contributed by atoms with Gasteiger partial charge in [0, 0.05) is 11.5 Å². The van der Waals surface area contributed by atoms with Gasteiger partial charge in [-0.1, -0.05) is 18.2 Å². The van der Waals surface area contributed by atoms with Gasteiger partial charge in [-0.15, -0.1) is 0 Å². The minimum absolute atomic E-state index is 0.0133. The number of fused-ring (bicyclic) bond motifs is 1. The second kappa shape index (κ2) is 6.03. The maximum absolute atomic E-state index is 14.2. The van der Waals surface area contributed by atoms with Crippen molar-refractivity contribution in [2.45, 2.75) is 18.4 Å². The number of aromatic amines is 1. The monoisotopic (exact) mass is 355 g/mol. The Labute approximate surface area is 147 Å². The van der Waals surface area contributed by atoms with Gasteiger partial charge >= 0.3 is 0 Å². The summed E-state index contributed by atoms with van der Waals surface area (Å²) >= 11 is 0. The van der Waals surface area contributed by atoms with Crippen LogP contribution in [0.25, 0.3) is 23.1 Å². The van der Waals surface area contributed by atoms with Crippen LogP contribution in [-0.2, 0) is 4.79 Å². The third kappa shape index (κ3) is 3.09. The van der Waals surface area contributed by atoms with Crippen molar-refractivity contribution in [2.24, 2.45) is 0 Å². The summed E-state index contributed by atoms with van der Waals surface area (Å²) in [4.78, 5) is 12.0. The zero-order valence-corrected chi connectivity index (χ0v) is 13.6. The van der Waals surface area contributed by atoms with Gasteiger partial charge in [-0.05, 0) is 42.7 Å². The molecule has 0 saturated heterocycles. The van der Waals surface area contributed by atoms with Crippen LogP contribution in [0, 0.1) is 11.6 Å². The zero-order chi connectivity index (χ0) is 18.3. The van der Waals surface area contributed by atoms with E-state index >= 15 is 0 Å². The van der Waals surface area contributed by atoms with E-state index in [0.717, 1.165) is 5.56 Å². The highest BCUT2D eigenvalue weighted by molar-refractivity contribution is 6.01. The van der Waals surface area contributed by atoms with Crippen LogP contribution in [0.4, 0.5) is 14.5 Å². The smallest absolute Gasteiger partial charge is 0.256 e. The van der Waals surface area contributed by atoms with Crippen molar-refractivity contribution in [1.29, 1.82) is 0 Å². The molecule has 3 aromatic rings. The van der Waals surface area contributed by atoms with Crippen molar-refractivity contribution in [3.05, 3.63) is 59.3 Å². The van der Waals surface area contributed by atoms with E-state index in [1.54, 1.807) is 24.3 Å². The lowest BCUT2D eigenvalue weighted by molar-refractivity contribution is -0.125. The number of nitrogens with one attached hydrogen (secondary N) is 2. The second-order valence-corrected chi connectivity index (χ2v) is 6.36. The van der Waals surface area contributed by atoms with Crippen LogP contribution in [0.5, 0.6) is 0 Å². The average Bonchev–Trinajstić information content (AvgIpc) is 3.26. The van der Waals surface area contributed by atoms with E-state index in [1.807, 2.05) is 0 Å². The Morgan fingerprint density at radius 2 is 1.92 bits per heavy atom. The molecule has 0 radical (unpaired) electrons. The molecule has 1 heterocycles. The number of aliphatic hydroxyl groups is 1. The van der Waals surface area contributed by atoms with Gasteiger partial charge in [-0.3, -0.25) is 9.89 Å². The van der Waals surface area contributed by atoms with Crippen LogP contribution in [0.2, 0.25) is 0 Å². The molecule has 2 aromatic carbocycles. The topological polar surface area (TPSA) is 78.0 Å². The van der Waals surface area contributed by atoms with E-state index < -0.39 is 17.3 Å². The van der Waals surface area contributed by atoms with Gasteiger partial charge in [0.1, 0.15) is 17.2 Å². The van der Waals surface area contributed by atoms with Crippen molar-refractivity contribution in [3.63, 3.8) is 0 Å². The Balaban J connectivity index is 1.64. The number of hydrogen-bond donors (Lipinski definition) is 3. The van der Waals surface area contributed by atoms with Gasteiger partial charge in [0.25, 0.3) is 5.91 Å². The Hall–Kier alpha value is -3.06. The largest absolute Gasteiger partial charge is 0.380 e. The number of amides is 1. The molecule has 4 rings (SSSR count). The van der Waals surface area contributed by atoms with Gasteiger partial charge in [0.15, 0.2) is 0 Å². The molecular weight excluding hydrogens is 340 g/mol. The lowest BCUT2D eigenvalue weighted by Crippen LogP contribution is -2.29.